The third kappa shape index (κ3) is 18.0. The lowest BCUT2D eigenvalue weighted by Gasteiger charge is -2.34. The van der Waals surface area contributed by atoms with Gasteiger partial charge < -0.3 is 0 Å². The second-order valence-corrected chi connectivity index (χ2v) is 31.4. The van der Waals surface area contributed by atoms with Crippen LogP contribution in [0.4, 0.5) is 0 Å². The Hall–Kier alpha value is -5.02. The van der Waals surface area contributed by atoms with Crippen molar-refractivity contribution in [3.05, 3.63) is 212 Å². The molecule has 2 heterocycles. The zero-order valence-corrected chi connectivity index (χ0v) is 61.4. The molecule has 94 heavy (non-hydrogen) atoms. The Balaban J connectivity index is 0.997. The van der Waals surface area contributed by atoms with E-state index in [1.807, 2.05) is 0 Å². The third-order valence-corrected chi connectivity index (χ3v) is 24.9. The molecular formula is C92H124S2. The lowest BCUT2D eigenvalue weighted by atomic mass is 9.66. The molecule has 0 atom stereocenters. The van der Waals surface area contributed by atoms with Crippen LogP contribution in [0, 0.1) is 0 Å². The monoisotopic (exact) mass is 1290 g/mol. The van der Waals surface area contributed by atoms with Gasteiger partial charge in [-0.1, -0.05) is 404 Å². The first-order valence-corrected chi connectivity index (χ1v) is 41.4. The molecule has 0 nitrogen and oxygen atoms in total. The number of benzene rings is 6. The molecule has 504 valence electrons. The average molecular weight is 1290 g/mol. The predicted molar refractivity (Wildman–Crippen MR) is 417 cm³/mol. The minimum atomic E-state index is -0.469. The minimum absolute atomic E-state index is 0.469. The number of aryl methyl sites for hydroxylation is 4. The fourth-order valence-electron chi connectivity index (χ4n) is 16.8. The fraction of sp³-hybridized carbons (Fsp3) is 0.543. The second-order valence-electron chi connectivity index (χ2n) is 29.4. The molecule has 0 spiro atoms. The Labute approximate surface area is 582 Å². The Morgan fingerprint density at radius 1 is 0.223 bits per heavy atom. The van der Waals surface area contributed by atoms with E-state index in [1.165, 1.54) is 354 Å². The first-order valence-electron chi connectivity index (χ1n) is 39.7. The molecule has 2 heteroatoms. The first-order chi connectivity index (χ1) is 46.6. The van der Waals surface area contributed by atoms with Crippen LogP contribution in [0.1, 0.15) is 351 Å². The Kier molecular flexibility index (Phi) is 29.6. The highest BCUT2D eigenvalue weighted by molar-refractivity contribution is 7.32. The van der Waals surface area contributed by atoms with Crippen molar-refractivity contribution in [3.63, 3.8) is 0 Å². The number of thiophene rings is 2. The Morgan fingerprint density at radius 3 is 0.649 bits per heavy atom. The van der Waals surface area contributed by atoms with Gasteiger partial charge in [-0.3, -0.25) is 0 Å². The van der Waals surface area contributed by atoms with Crippen LogP contribution in [0.5, 0.6) is 0 Å². The summed E-state index contributed by atoms with van der Waals surface area (Å²) in [5.41, 5.74) is 19.4. The van der Waals surface area contributed by atoms with Crippen LogP contribution in [-0.4, -0.2) is 0 Å². The summed E-state index contributed by atoms with van der Waals surface area (Å²) < 4.78 is 2.97. The maximum atomic E-state index is 2.56. The maximum absolute atomic E-state index is 2.56. The smallest absolute Gasteiger partial charge is 0.0736 e. The van der Waals surface area contributed by atoms with E-state index in [-0.39, 0.29) is 0 Å². The van der Waals surface area contributed by atoms with Crippen molar-refractivity contribution < 1.29 is 0 Å². The Morgan fingerprint density at radius 2 is 0.426 bits per heavy atom. The minimum Gasteiger partial charge on any atom is -0.134 e. The van der Waals surface area contributed by atoms with E-state index in [0.717, 1.165) is 25.7 Å². The van der Waals surface area contributed by atoms with E-state index >= 15 is 0 Å². The highest BCUT2D eigenvalue weighted by Crippen LogP contribution is 2.68. The van der Waals surface area contributed by atoms with Crippen molar-refractivity contribution in [2.45, 2.75) is 321 Å². The van der Waals surface area contributed by atoms with Gasteiger partial charge in [0.2, 0.25) is 0 Å². The first kappa shape index (κ1) is 71.7. The molecule has 0 N–H and O–H groups in total. The summed E-state index contributed by atoms with van der Waals surface area (Å²) in [7, 11) is 0. The van der Waals surface area contributed by atoms with E-state index in [2.05, 4.69) is 196 Å². The summed E-state index contributed by atoms with van der Waals surface area (Å²) in [5, 5.41) is 0. The third-order valence-electron chi connectivity index (χ3n) is 22.2. The topological polar surface area (TPSA) is 0 Å². The molecule has 0 unspecified atom stereocenters. The lowest BCUT2D eigenvalue weighted by molar-refractivity contribution is 0.556. The molecule has 10 rings (SSSR count). The average Bonchev–Trinajstić information content (AvgIpc) is 1.49. The molecule has 2 aliphatic carbocycles. The summed E-state index contributed by atoms with van der Waals surface area (Å²) >= 11 is 4.23. The standard InChI is InChI=1S/C92H124S2/c1-5-9-13-17-21-25-29-33-37-41-49-73-57-65-77(66-58-73)91(78-67-59-74(60-68-78)50-42-38-34-30-26-22-18-14-10-6-2)83-55-47-45-53-81(83)87-85(91)89-90(93-87)86-88(94-89)82-54-46-48-56-84(82)92(86,79-69-61-75(62-70-79)51-43-39-35-31-27-23-19-15-11-7-3)80-71-63-76(64-72-80)52-44-40-36-32-28-24-20-16-12-8-4/h45-48,53-72H,5-44,49-52H2,1-4H3. The number of rotatable bonds is 48. The van der Waals surface area contributed by atoms with E-state index in [1.54, 1.807) is 0 Å². The van der Waals surface area contributed by atoms with Crippen LogP contribution in [0.2, 0.25) is 0 Å². The van der Waals surface area contributed by atoms with Crippen molar-refractivity contribution in [2.75, 3.05) is 0 Å². The summed E-state index contributed by atoms with van der Waals surface area (Å²) in [6.07, 6.45) is 59.5. The van der Waals surface area contributed by atoms with Gasteiger partial charge in [0.05, 0.1) is 20.2 Å². The molecule has 0 radical (unpaired) electrons. The van der Waals surface area contributed by atoms with E-state index < -0.39 is 10.8 Å². The van der Waals surface area contributed by atoms with Crippen LogP contribution in [0.25, 0.3) is 30.3 Å². The quantitative estimate of drug-likeness (QED) is 0.0334. The zero-order valence-electron chi connectivity index (χ0n) is 59.8. The van der Waals surface area contributed by atoms with Gasteiger partial charge in [0, 0.05) is 20.9 Å². The highest BCUT2D eigenvalue weighted by atomic mass is 32.1. The number of hydrogen-bond donors (Lipinski definition) is 0. The van der Waals surface area contributed by atoms with Gasteiger partial charge in [-0.05, 0) is 118 Å². The number of hydrogen-bond acceptors (Lipinski definition) is 2. The molecule has 6 aromatic carbocycles. The van der Waals surface area contributed by atoms with Gasteiger partial charge >= 0.3 is 0 Å². The maximum Gasteiger partial charge on any atom is 0.0736 e. The molecule has 0 saturated carbocycles. The van der Waals surface area contributed by atoms with Crippen LogP contribution in [0.15, 0.2) is 146 Å². The molecule has 0 saturated heterocycles. The van der Waals surface area contributed by atoms with Crippen molar-refractivity contribution in [2.24, 2.45) is 0 Å². The van der Waals surface area contributed by atoms with Gasteiger partial charge in [-0.2, -0.15) is 0 Å². The van der Waals surface area contributed by atoms with Gasteiger partial charge in [0.15, 0.2) is 0 Å². The van der Waals surface area contributed by atoms with Crippen LogP contribution in [-0.2, 0) is 36.5 Å². The van der Waals surface area contributed by atoms with Crippen molar-refractivity contribution in [1.29, 1.82) is 0 Å². The van der Waals surface area contributed by atoms with Crippen molar-refractivity contribution >= 4 is 32.1 Å². The van der Waals surface area contributed by atoms with Crippen LogP contribution < -0.4 is 0 Å². The summed E-state index contributed by atoms with van der Waals surface area (Å²) in [6, 6.07) is 59.9. The number of fused-ring (bicyclic) bond motifs is 9. The molecular weight excluding hydrogens is 1170 g/mol. The normalized spacial score (nSPS) is 13.4. The summed E-state index contributed by atoms with van der Waals surface area (Å²) in [5.74, 6) is 0. The summed E-state index contributed by atoms with van der Waals surface area (Å²) in [6.45, 7) is 9.29. The molecule has 0 bridgehead atoms. The zero-order chi connectivity index (χ0) is 64.9. The van der Waals surface area contributed by atoms with E-state index in [4.69, 9.17) is 0 Å². The molecule has 0 fully saturated rings. The molecule has 8 aromatic rings. The van der Waals surface area contributed by atoms with Crippen molar-refractivity contribution in [1.82, 2.24) is 0 Å². The molecule has 2 aliphatic rings. The Bertz CT molecular complexity index is 3030. The van der Waals surface area contributed by atoms with Gasteiger partial charge in [-0.15, -0.1) is 22.7 Å². The second kappa shape index (κ2) is 38.8. The fourth-order valence-corrected chi connectivity index (χ4v) is 19.9. The largest absolute Gasteiger partial charge is 0.134 e. The van der Waals surface area contributed by atoms with E-state index in [0.29, 0.717) is 0 Å². The van der Waals surface area contributed by atoms with E-state index in [9.17, 15) is 0 Å². The lowest BCUT2D eigenvalue weighted by Crippen LogP contribution is -2.29. The SMILES string of the molecule is CCCCCCCCCCCCc1ccc(C2(c3ccc(CCCCCCCCCCCC)cc3)c3ccccc3-c3sc4c5c(sc4c32)-c2ccccc2C5(c2ccc(CCCCCCCCCCCC)cc2)c2ccc(CCCCCCCCCCCC)cc2)cc1. The molecule has 0 amide bonds. The van der Waals surface area contributed by atoms with Gasteiger partial charge in [-0.25, -0.2) is 0 Å². The van der Waals surface area contributed by atoms with Gasteiger partial charge in [0.1, 0.15) is 0 Å². The molecule has 2 aromatic heterocycles. The summed E-state index contributed by atoms with van der Waals surface area (Å²) in [4.78, 5) is 2.93. The number of unbranched alkanes of at least 4 members (excludes halogenated alkanes) is 36. The van der Waals surface area contributed by atoms with Crippen LogP contribution in [0.3, 0.4) is 0 Å². The predicted octanol–water partition coefficient (Wildman–Crippen LogP) is 29.5. The van der Waals surface area contributed by atoms with Crippen molar-refractivity contribution in [3.8, 4) is 20.9 Å². The molecule has 0 aliphatic heterocycles. The highest BCUT2D eigenvalue weighted by Gasteiger charge is 2.53. The van der Waals surface area contributed by atoms with Gasteiger partial charge in [0.25, 0.3) is 0 Å². The van der Waals surface area contributed by atoms with Crippen LogP contribution >= 0.6 is 22.7 Å².